The summed E-state index contributed by atoms with van der Waals surface area (Å²) in [7, 11) is 0. The summed E-state index contributed by atoms with van der Waals surface area (Å²) < 4.78 is 2.00. The molecule has 74 valence electrons. The third kappa shape index (κ3) is 3.46. The van der Waals surface area contributed by atoms with Crippen LogP contribution in [0.3, 0.4) is 0 Å². The molecule has 1 aromatic heterocycles. The molecule has 0 aromatic carbocycles. The van der Waals surface area contributed by atoms with Gasteiger partial charge in [-0.1, -0.05) is 29.8 Å². The predicted octanol–water partition coefficient (Wildman–Crippen LogP) is 2.40. The van der Waals surface area contributed by atoms with Gasteiger partial charge in [-0.15, -0.1) is 0 Å². The molecule has 0 aliphatic carbocycles. The van der Waals surface area contributed by atoms with E-state index in [1.807, 2.05) is 4.68 Å². The molecule has 13 heavy (non-hydrogen) atoms. The fraction of sp³-hybridized carbons (Fsp3) is 0.778. The van der Waals surface area contributed by atoms with E-state index in [1.54, 1.807) is 6.33 Å². The molecule has 1 heterocycles. The Morgan fingerprint density at radius 3 is 3.00 bits per heavy atom. The van der Waals surface area contributed by atoms with Gasteiger partial charge in [0.1, 0.15) is 12.2 Å². The number of aromatic nitrogens is 3. The van der Waals surface area contributed by atoms with Gasteiger partial charge in [-0.25, -0.2) is 4.98 Å². The number of hydrogen-bond acceptors (Lipinski definition) is 2. The molecule has 1 rings (SSSR count). The lowest BCUT2D eigenvalue weighted by atomic mass is 10.2. The second-order valence-corrected chi connectivity index (χ2v) is 4.78. The van der Waals surface area contributed by atoms with Gasteiger partial charge >= 0.3 is 0 Å². The van der Waals surface area contributed by atoms with Gasteiger partial charge in [0.25, 0.3) is 0 Å². The minimum Gasteiger partial charge on any atom is -0.250 e. The number of rotatable bonds is 5. The Kier molecular flexibility index (Phi) is 4.42. The highest BCUT2D eigenvalue weighted by molar-refractivity contribution is 9.09. The van der Waals surface area contributed by atoms with E-state index in [0.29, 0.717) is 4.83 Å². The van der Waals surface area contributed by atoms with Crippen LogP contribution in [-0.4, -0.2) is 19.6 Å². The Morgan fingerprint density at radius 1 is 1.62 bits per heavy atom. The second kappa shape index (κ2) is 5.37. The fourth-order valence-corrected chi connectivity index (χ4v) is 1.44. The zero-order chi connectivity index (χ0) is 9.68. The van der Waals surface area contributed by atoms with Gasteiger partial charge in [0.05, 0.1) is 0 Å². The monoisotopic (exact) mass is 245 g/mol. The summed E-state index contributed by atoms with van der Waals surface area (Å²) in [6.07, 6.45) is 4.87. The minimum atomic E-state index is 0.555. The van der Waals surface area contributed by atoms with Crippen LogP contribution in [0.5, 0.6) is 0 Å². The molecule has 1 unspecified atom stereocenters. The van der Waals surface area contributed by atoms with Crippen LogP contribution in [-0.2, 0) is 13.0 Å². The first-order chi connectivity index (χ1) is 6.24. The molecule has 0 N–H and O–H groups in total. The van der Waals surface area contributed by atoms with E-state index in [9.17, 15) is 0 Å². The Labute approximate surface area is 87.7 Å². The van der Waals surface area contributed by atoms with Crippen LogP contribution in [0.25, 0.3) is 0 Å². The van der Waals surface area contributed by atoms with E-state index >= 15 is 0 Å². The normalized spacial score (nSPS) is 13.2. The van der Waals surface area contributed by atoms with Crippen LogP contribution >= 0.6 is 15.9 Å². The van der Waals surface area contributed by atoms with Crippen LogP contribution in [0, 0.1) is 0 Å². The molecule has 1 aromatic rings. The molecular formula is C9H16BrN3. The molecule has 0 saturated heterocycles. The zero-order valence-electron chi connectivity index (χ0n) is 8.20. The van der Waals surface area contributed by atoms with E-state index < -0.39 is 0 Å². The van der Waals surface area contributed by atoms with Gasteiger partial charge in [-0.3, -0.25) is 4.68 Å². The van der Waals surface area contributed by atoms with Gasteiger partial charge in [-0.2, -0.15) is 5.10 Å². The summed E-state index contributed by atoms with van der Waals surface area (Å²) in [6.45, 7) is 5.28. The highest BCUT2D eigenvalue weighted by Crippen LogP contribution is 2.08. The Morgan fingerprint density at radius 2 is 2.38 bits per heavy atom. The van der Waals surface area contributed by atoms with Crippen molar-refractivity contribution in [3.8, 4) is 0 Å². The average Bonchev–Trinajstić information content (AvgIpc) is 2.49. The van der Waals surface area contributed by atoms with E-state index in [1.165, 1.54) is 0 Å². The van der Waals surface area contributed by atoms with Crippen LogP contribution in [0.4, 0.5) is 0 Å². The summed E-state index contributed by atoms with van der Waals surface area (Å²) in [6, 6.07) is 0. The lowest BCUT2D eigenvalue weighted by molar-refractivity contribution is 0.561. The predicted molar refractivity (Wildman–Crippen MR) is 57.0 cm³/mol. The molecule has 0 saturated carbocycles. The van der Waals surface area contributed by atoms with E-state index in [2.05, 4.69) is 39.9 Å². The summed E-state index contributed by atoms with van der Waals surface area (Å²) in [5.41, 5.74) is 0. The number of nitrogens with zero attached hydrogens (tertiary/aromatic N) is 3. The van der Waals surface area contributed by atoms with E-state index in [4.69, 9.17) is 0 Å². The molecular weight excluding hydrogens is 230 g/mol. The van der Waals surface area contributed by atoms with Crippen LogP contribution in [0.2, 0.25) is 0 Å². The van der Waals surface area contributed by atoms with Crippen molar-refractivity contribution >= 4 is 15.9 Å². The third-order valence-electron chi connectivity index (χ3n) is 1.90. The Hall–Kier alpha value is -0.380. The number of halogens is 1. The topological polar surface area (TPSA) is 30.7 Å². The summed E-state index contributed by atoms with van der Waals surface area (Å²) in [4.78, 5) is 4.79. The molecule has 0 amide bonds. The van der Waals surface area contributed by atoms with Crippen LogP contribution < -0.4 is 0 Å². The van der Waals surface area contributed by atoms with Crippen molar-refractivity contribution in [2.24, 2.45) is 0 Å². The summed E-state index contributed by atoms with van der Waals surface area (Å²) in [5, 5.41) is 4.17. The molecule has 0 spiro atoms. The lowest BCUT2D eigenvalue weighted by Gasteiger charge is -2.04. The van der Waals surface area contributed by atoms with E-state index in [0.717, 1.165) is 31.6 Å². The van der Waals surface area contributed by atoms with Gasteiger partial charge in [0.2, 0.25) is 0 Å². The lowest BCUT2D eigenvalue weighted by Crippen LogP contribution is -2.06. The molecule has 0 aliphatic heterocycles. The van der Waals surface area contributed by atoms with Crippen molar-refractivity contribution < 1.29 is 0 Å². The van der Waals surface area contributed by atoms with Gasteiger partial charge in [0, 0.05) is 17.8 Å². The first-order valence-electron chi connectivity index (χ1n) is 4.74. The Bertz CT molecular complexity index is 245. The average molecular weight is 246 g/mol. The molecule has 0 bridgehead atoms. The number of hydrogen-bond donors (Lipinski definition) is 0. The first kappa shape index (κ1) is 10.7. The maximum atomic E-state index is 4.24. The van der Waals surface area contributed by atoms with Crippen molar-refractivity contribution in [3.05, 3.63) is 12.2 Å². The molecule has 3 nitrogen and oxygen atoms in total. The quantitative estimate of drug-likeness (QED) is 0.747. The Balaban J connectivity index is 2.49. The maximum Gasteiger partial charge on any atom is 0.138 e. The summed E-state index contributed by atoms with van der Waals surface area (Å²) in [5.74, 6) is 1.10. The highest BCUT2D eigenvalue weighted by Gasteiger charge is 2.04. The van der Waals surface area contributed by atoms with Gasteiger partial charge in [-0.05, 0) is 12.8 Å². The van der Waals surface area contributed by atoms with Crippen molar-refractivity contribution in [2.75, 3.05) is 0 Å². The first-order valence-corrected chi connectivity index (χ1v) is 5.66. The van der Waals surface area contributed by atoms with Crippen LogP contribution in [0.15, 0.2) is 6.33 Å². The second-order valence-electron chi connectivity index (χ2n) is 3.22. The summed E-state index contributed by atoms with van der Waals surface area (Å²) >= 11 is 3.53. The number of alkyl halides is 1. The van der Waals surface area contributed by atoms with Gasteiger partial charge < -0.3 is 0 Å². The molecule has 4 heteroatoms. The standard InChI is InChI=1S/C9H16BrN3/c1-3-6-13-9(11-7-12-13)5-4-8(2)10/h7-8H,3-6H2,1-2H3. The molecule has 1 atom stereocenters. The van der Waals surface area contributed by atoms with E-state index in [-0.39, 0.29) is 0 Å². The van der Waals surface area contributed by atoms with Crippen molar-refractivity contribution in [3.63, 3.8) is 0 Å². The van der Waals surface area contributed by atoms with Crippen molar-refractivity contribution in [2.45, 2.75) is 44.5 Å². The van der Waals surface area contributed by atoms with Crippen LogP contribution in [0.1, 0.15) is 32.5 Å². The van der Waals surface area contributed by atoms with Crippen molar-refractivity contribution in [1.82, 2.24) is 14.8 Å². The van der Waals surface area contributed by atoms with Gasteiger partial charge in [0.15, 0.2) is 0 Å². The highest BCUT2D eigenvalue weighted by atomic mass is 79.9. The van der Waals surface area contributed by atoms with Crippen molar-refractivity contribution in [1.29, 1.82) is 0 Å². The molecule has 0 fully saturated rings. The third-order valence-corrected chi connectivity index (χ3v) is 2.35. The smallest absolute Gasteiger partial charge is 0.138 e. The molecule has 0 aliphatic rings. The molecule has 0 radical (unpaired) electrons. The number of aryl methyl sites for hydroxylation is 2. The minimum absolute atomic E-state index is 0.555. The zero-order valence-corrected chi connectivity index (χ0v) is 9.79. The SMILES string of the molecule is CCCn1ncnc1CCC(C)Br. The maximum absolute atomic E-state index is 4.24. The fourth-order valence-electron chi connectivity index (χ4n) is 1.21. The largest absolute Gasteiger partial charge is 0.250 e.